The van der Waals surface area contributed by atoms with Crippen LogP contribution in [0.1, 0.15) is 71.6 Å². The molecule has 0 amide bonds. The molecule has 1 saturated heterocycles. The van der Waals surface area contributed by atoms with E-state index in [4.69, 9.17) is 0 Å². The summed E-state index contributed by atoms with van der Waals surface area (Å²) in [6.07, 6.45) is 14.7. The summed E-state index contributed by atoms with van der Waals surface area (Å²) >= 11 is 0. The Morgan fingerprint density at radius 2 is 2.00 bits per heavy atom. The van der Waals surface area contributed by atoms with E-state index in [1.54, 1.807) is 5.57 Å². The summed E-state index contributed by atoms with van der Waals surface area (Å²) < 4.78 is 0. The minimum absolute atomic E-state index is 0.605. The summed E-state index contributed by atoms with van der Waals surface area (Å²) in [6, 6.07) is 0. The standard InChI is InChI=1S/C22H37N/c1-5-22(12-6-7-17(2)10-13-22)14-11-18(3)8-9-19-20-15-23(4)16-21(19)20/h8,19-21H,2,5-7,9-16H2,1,3-4H3/b18-8-. The Labute approximate surface area is 144 Å². The van der Waals surface area contributed by atoms with E-state index in [1.807, 2.05) is 0 Å². The fraction of sp³-hybridized carbons (Fsp3) is 0.818. The maximum absolute atomic E-state index is 4.24. The van der Waals surface area contributed by atoms with Crippen LogP contribution in [0.3, 0.4) is 0 Å². The first kappa shape index (κ1) is 17.3. The molecule has 3 fully saturated rings. The lowest BCUT2D eigenvalue weighted by Crippen LogP contribution is -2.19. The molecule has 2 saturated carbocycles. The molecule has 23 heavy (non-hydrogen) atoms. The molecule has 0 aromatic rings. The molecule has 0 aromatic carbocycles. The molecular formula is C22H37N. The van der Waals surface area contributed by atoms with Gasteiger partial charge in [0.1, 0.15) is 0 Å². The Kier molecular flexibility index (Phi) is 5.35. The molecule has 0 N–H and O–H groups in total. The second kappa shape index (κ2) is 7.13. The number of rotatable bonds is 6. The second-order valence-corrected chi connectivity index (χ2v) is 8.96. The van der Waals surface area contributed by atoms with Crippen molar-refractivity contribution in [3.63, 3.8) is 0 Å². The molecule has 1 heteroatoms. The summed E-state index contributed by atoms with van der Waals surface area (Å²) in [6.45, 7) is 11.7. The van der Waals surface area contributed by atoms with Crippen LogP contribution in [0.2, 0.25) is 0 Å². The van der Waals surface area contributed by atoms with Crippen LogP contribution >= 0.6 is 0 Å². The number of nitrogens with zero attached hydrogens (tertiary/aromatic N) is 1. The van der Waals surface area contributed by atoms with Crippen LogP contribution in [0.15, 0.2) is 23.8 Å². The van der Waals surface area contributed by atoms with Gasteiger partial charge in [0.15, 0.2) is 0 Å². The minimum atomic E-state index is 0.605. The zero-order chi connectivity index (χ0) is 16.4. The molecule has 3 unspecified atom stereocenters. The number of hydrogen-bond acceptors (Lipinski definition) is 1. The van der Waals surface area contributed by atoms with Crippen molar-refractivity contribution >= 4 is 0 Å². The van der Waals surface area contributed by atoms with E-state index in [0.717, 1.165) is 17.8 Å². The molecule has 2 aliphatic carbocycles. The predicted octanol–water partition coefficient (Wildman–Crippen LogP) is 5.83. The van der Waals surface area contributed by atoms with Gasteiger partial charge in [0.25, 0.3) is 0 Å². The van der Waals surface area contributed by atoms with Crippen molar-refractivity contribution in [2.24, 2.45) is 23.2 Å². The molecule has 0 bridgehead atoms. The molecule has 3 rings (SSSR count). The summed E-state index contributed by atoms with van der Waals surface area (Å²) in [5.74, 6) is 3.07. The van der Waals surface area contributed by atoms with Gasteiger partial charge in [-0.15, -0.1) is 0 Å². The van der Waals surface area contributed by atoms with Crippen molar-refractivity contribution in [3.05, 3.63) is 23.8 Å². The average Bonchev–Trinajstić information content (AvgIpc) is 3.08. The normalized spacial score (nSPS) is 38.5. The molecular weight excluding hydrogens is 278 g/mol. The number of hydrogen-bond donors (Lipinski definition) is 0. The highest BCUT2D eigenvalue weighted by Crippen LogP contribution is 2.53. The Morgan fingerprint density at radius 1 is 1.26 bits per heavy atom. The number of piperidine rings is 1. The third-order valence-electron chi connectivity index (χ3n) is 7.34. The van der Waals surface area contributed by atoms with Crippen LogP contribution in [0.4, 0.5) is 0 Å². The SMILES string of the molecule is C=C1CCCC(CC)(CC/C(C)=C\CC2C3CN(C)CC23)CC1. The maximum atomic E-state index is 4.24. The molecule has 1 heterocycles. The summed E-state index contributed by atoms with van der Waals surface area (Å²) in [4.78, 5) is 2.51. The highest BCUT2D eigenvalue weighted by Gasteiger charge is 2.53. The van der Waals surface area contributed by atoms with Gasteiger partial charge in [0.2, 0.25) is 0 Å². The number of fused-ring (bicyclic) bond motifs is 1. The van der Waals surface area contributed by atoms with Gasteiger partial charge < -0.3 is 4.90 Å². The number of likely N-dealkylation sites (tertiary alicyclic amines) is 1. The van der Waals surface area contributed by atoms with E-state index >= 15 is 0 Å². The Bertz CT molecular complexity index is 451. The monoisotopic (exact) mass is 315 g/mol. The van der Waals surface area contributed by atoms with E-state index in [0.29, 0.717) is 5.41 Å². The van der Waals surface area contributed by atoms with Gasteiger partial charge >= 0.3 is 0 Å². The minimum Gasteiger partial charge on any atom is -0.306 e. The van der Waals surface area contributed by atoms with Crippen LogP contribution in [0.5, 0.6) is 0 Å². The van der Waals surface area contributed by atoms with Crippen molar-refractivity contribution in [1.82, 2.24) is 4.90 Å². The average molecular weight is 316 g/mol. The zero-order valence-electron chi connectivity index (χ0n) is 15.7. The first-order chi connectivity index (χ1) is 11.0. The maximum Gasteiger partial charge on any atom is 0.00128 e. The van der Waals surface area contributed by atoms with E-state index in [2.05, 4.69) is 38.5 Å². The topological polar surface area (TPSA) is 3.24 Å². The van der Waals surface area contributed by atoms with Gasteiger partial charge in [0.05, 0.1) is 0 Å². The van der Waals surface area contributed by atoms with Crippen LogP contribution < -0.4 is 0 Å². The van der Waals surface area contributed by atoms with E-state index < -0.39 is 0 Å². The lowest BCUT2D eigenvalue weighted by Gasteiger charge is -2.32. The second-order valence-electron chi connectivity index (χ2n) is 8.96. The Hall–Kier alpha value is -0.560. The van der Waals surface area contributed by atoms with Crippen molar-refractivity contribution < 1.29 is 0 Å². The summed E-state index contributed by atoms with van der Waals surface area (Å²) in [5, 5.41) is 0. The van der Waals surface area contributed by atoms with Crippen LogP contribution in [-0.4, -0.2) is 25.0 Å². The molecule has 3 atom stereocenters. The zero-order valence-corrected chi connectivity index (χ0v) is 15.7. The van der Waals surface area contributed by atoms with Gasteiger partial charge in [0, 0.05) is 13.1 Å². The van der Waals surface area contributed by atoms with Crippen molar-refractivity contribution in [2.45, 2.75) is 71.6 Å². The first-order valence-corrected chi connectivity index (χ1v) is 10.0. The van der Waals surface area contributed by atoms with Crippen molar-refractivity contribution in [3.8, 4) is 0 Å². The molecule has 130 valence electrons. The Morgan fingerprint density at radius 3 is 2.70 bits per heavy atom. The van der Waals surface area contributed by atoms with Gasteiger partial charge in [-0.1, -0.05) is 37.1 Å². The largest absolute Gasteiger partial charge is 0.306 e. The smallest absolute Gasteiger partial charge is 0.00128 e. The molecule has 0 aromatic heterocycles. The number of allylic oxidation sites excluding steroid dienone is 3. The van der Waals surface area contributed by atoms with E-state index in [9.17, 15) is 0 Å². The van der Waals surface area contributed by atoms with Crippen LogP contribution in [-0.2, 0) is 0 Å². The van der Waals surface area contributed by atoms with Gasteiger partial charge in [-0.3, -0.25) is 0 Å². The Balaban J connectivity index is 1.45. The molecule has 0 radical (unpaired) electrons. The van der Waals surface area contributed by atoms with E-state index in [1.165, 1.54) is 76.5 Å². The predicted molar refractivity (Wildman–Crippen MR) is 101 cm³/mol. The third kappa shape index (κ3) is 4.10. The molecule has 3 aliphatic rings. The fourth-order valence-electron chi connectivity index (χ4n) is 5.30. The van der Waals surface area contributed by atoms with E-state index in [-0.39, 0.29) is 0 Å². The van der Waals surface area contributed by atoms with Gasteiger partial charge in [-0.2, -0.15) is 0 Å². The summed E-state index contributed by atoms with van der Waals surface area (Å²) in [7, 11) is 2.27. The molecule has 1 nitrogen and oxygen atoms in total. The van der Waals surface area contributed by atoms with Crippen molar-refractivity contribution in [2.75, 3.05) is 20.1 Å². The fourth-order valence-corrected chi connectivity index (χ4v) is 5.30. The quantitative estimate of drug-likeness (QED) is 0.440. The lowest BCUT2D eigenvalue weighted by atomic mass is 9.74. The highest BCUT2D eigenvalue weighted by molar-refractivity contribution is 5.10. The third-order valence-corrected chi connectivity index (χ3v) is 7.34. The van der Waals surface area contributed by atoms with Crippen molar-refractivity contribution in [1.29, 1.82) is 0 Å². The first-order valence-electron chi connectivity index (χ1n) is 10.0. The van der Waals surface area contributed by atoms with Gasteiger partial charge in [-0.25, -0.2) is 0 Å². The highest BCUT2D eigenvalue weighted by atomic mass is 15.2. The summed E-state index contributed by atoms with van der Waals surface area (Å²) in [5.41, 5.74) is 3.75. The van der Waals surface area contributed by atoms with Crippen LogP contribution in [0.25, 0.3) is 0 Å². The van der Waals surface area contributed by atoms with Gasteiger partial charge in [-0.05, 0) is 88.5 Å². The molecule has 1 aliphatic heterocycles. The molecule has 0 spiro atoms. The van der Waals surface area contributed by atoms with Crippen LogP contribution in [0, 0.1) is 23.2 Å². The lowest BCUT2D eigenvalue weighted by molar-refractivity contribution is 0.214.